The number of ether oxygens (including phenoxy) is 2. The topological polar surface area (TPSA) is 111 Å². The third-order valence-electron chi connectivity index (χ3n) is 7.35. The summed E-state index contributed by atoms with van der Waals surface area (Å²) in [5, 5.41) is 2.21. The number of alkyl halides is 3. The van der Waals surface area contributed by atoms with E-state index < -0.39 is 39.7 Å². The molecule has 0 bridgehead atoms. The lowest BCUT2D eigenvalue weighted by Gasteiger charge is -2.31. The molecule has 2 heterocycles. The number of nitrogens with one attached hydrogen (secondary N) is 1. The second kappa shape index (κ2) is 13.3. The molecule has 5 rings (SSSR count). The normalized spacial score (nSPS) is 14.9. The number of aromatic nitrogens is 1. The minimum absolute atomic E-state index is 0.0352. The lowest BCUT2D eigenvalue weighted by atomic mass is 10.0. The molecule has 4 aromatic rings. The number of hydrogen-bond acceptors (Lipinski definition) is 8. The highest BCUT2D eigenvalue weighted by molar-refractivity contribution is 7.89. The summed E-state index contributed by atoms with van der Waals surface area (Å²) in [6.07, 6.45) is -3.50. The van der Waals surface area contributed by atoms with Gasteiger partial charge in [-0.1, -0.05) is 30.3 Å². The number of rotatable bonds is 11. The fraction of sp³-hybridized carbons (Fsp3) is 0.312. The Morgan fingerprint density at radius 1 is 1.07 bits per heavy atom. The SMILES string of the molecule is CCOC(=O)CN(Cc1ccc(OCc2nc(-c3ccc(C(F)(F)F)cc3)oc2C)cc1)S(=O)(=O)C1CCc2ccccc2N1. The quantitative estimate of drug-likeness (QED) is 0.189. The Bertz CT molecular complexity index is 1740. The number of nitrogens with zero attached hydrogens (tertiary/aromatic N) is 2. The van der Waals surface area contributed by atoms with Gasteiger partial charge >= 0.3 is 12.1 Å². The second-order valence-electron chi connectivity index (χ2n) is 10.5. The standard InChI is InChI=1S/C32H32F3N3O6S/c1-3-42-30(39)19-38(45(40,41)29-17-12-23-6-4-5-7-27(23)36-29)18-22-8-15-26(16-9-22)43-20-28-21(2)44-31(37-28)24-10-13-25(14-11-24)32(33,34)35/h4-11,13-16,29,36H,3,12,17-20H2,1-2H3. The molecule has 45 heavy (non-hydrogen) atoms. The van der Waals surface area contributed by atoms with Gasteiger partial charge in [-0.05, 0) is 80.3 Å². The largest absolute Gasteiger partial charge is 0.487 e. The number of aryl methyl sites for hydroxylation is 2. The van der Waals surface area contributed by atoms with Crippen molar-refractivity contribution in [3.8, 4) is 17.2 Å². The van der Waals surface area contributed by atoms with Gasteiger partial charge in [-0.25, -0.2) is 13.4 Å². The molecule has 0 aliphatic carbocycles. The van der Waals surface area contributed by atoms with E-state index in [9.17, 15) is 26.4 Å². The fourth-order valence-electron chi connectivity index (χ4n) is 4.93. The van der Waals surface area contributed by atoms with Crippen LogP contribution in [0.15, 0.2) is 77.2 Å². The summed E-state index contributed by atoms with van der Waals surface area (Å²) in [4.78, 5) is 16.8. The van der Waals surface area contributed by atoms with Crippen molar-refractivity contribution in [3.63, 3.8) is 0 Å². The molecule has 3 aromatic carbocycles. The zero-order chi connectivity index (χ0) is 32.2. The highest BCUT2D eigenvalue weighted by Crippen LogP contribution is 2.32. The molecular weight excluding hydrogens is 611 g/mol. The number of benzene rings is 3. The summed E-state index contributed by atoms with van der Waals surface area (Å²) < 4.78 is 83.8. The summed E-state index contributed by atoms with van der Waals surface area (Å²) in [7, 11) is -3.95. The molecule has 9 nitrogen and oxygen atoms in total. The van der Waals surface area contributed by atoms with Crippen molar-refractivity contribution in [1.82, 2.24) is 9.29 Å². The highest BCUT2D eigenvalue weighted by atomic mass is 32.2. The number of sulfonamides is 1. The van der Waals surface area contributed by atoms with E-state index >= 15 is 0 Å². The Balaban J connectivity index is 1.25. The van der Waals surface area contributed by atoms with Crippen LogP contribution in [0.1, 0.15) is 41.5 Å². The Hall–Kier alpha value is -4.36. The van der Waals surface area contributed by atoms with Gasteiger partial charge in [0.1, 0.15) is 35.7 Å². The Morgan fingerprint density at radius 2 is 1.78 bits per heavy atom. The van der Waals surface area contributed by atoms with E-state index in [4.69, 9.17) is 13.9 Å². The van der Waals surface area contributed by atoms with Crippen LogP contribution in [0.5, 0.6) is 5.75 Å². The van der Waals surface area contributed by atoms with Gasteiger partial charge in [0.05, 0.1) is 12.2 Å². The van der Waals surface area contributed by atoms with Crippen LogP contribution in [0.25, 0.3) is 11.5 Å². The van der Waals surface area contributed by atoms with E-state index in [1.54, 1.807) is 38.1 Å². The molecule has 238 valence electrons. The number of carbonyl (C=O) groups is 1. The predicted octanol–water partition coefficient (Wildman–Crippen LogP) is 6.33. The van der Waals surface area contributed by atoms with Gasteiger partial charge in [-0.3, -0.25) is 4.79 Å². The first-order valence-electron chi connectivity index (χ1n) is 14.3. The van der Waals surface area contributed by atoms with Gasteiger partial charge in [0.15, 0.2) is 0 Å². The number of carbonyl (C=O) groups excluding carboxylic acids is 1. The average Bonchev–Trinajstić information content (AvgIpc) is 3.40. The molecule has 0 amide bonds. The fourth-order valence-corrected chi connectivity index (χ4v) is 6.60. The Kier molecular flexibility index (Phi) is 9.49. The van der Waals surface area contributed by atoms with Crippen molar-refractivity contribution in [1.29, 1.82) is 0 Å². The summed E-state index contributed by atoms with van der Waals surface area (Å²) in [6, 6.07) is 18.8. The molecule has 0 spiro atoms. The summed E-state index contributed by atoms with van der Waals surface area (Å²) in [5.41, 5.74) is 2.53. The minimum atomic E-state index is -4.44. The van der Waals surface area contributed by atoms with Crippen LogP contribution in [-0.4, -0.2) is 42.2 Å². The second-order valence-corrected chi connectivity index (χ2v) is 12.6. The third kappa shape index (κ3) is 7.66. The molecule has 1 aliphatic rings. The Labute approximate surface area is 259 Å². The van der Waals surface area contributed by atoms with Crippen LogP contribution in [0.3, 0.4) is 0 Å². The molecule has 1 aromatic heterocycles. The maximum Gasteiger partial charge on any atom is 0.416 e. The third-order valence-corrected chi connectivity index (χ3v) is 9.40. The zero-order valence-corrected chi connectivity index (χ0v) is 25.5. The van der Waals surface area contributed by atoms with Crippen LogP contribution >= 0.6 is 0 Å². The zero-order valence-electron chi connectivity index (χ0n) is 24.6. The molecule has 1 aliphatic heterocycles. The first-order valence-corrected chi connectivity index (χ1v) is 15.8. The van der Waals surface area contributed by atoms with Gasteiger partial charge < -0.3 is 19.2 Å². The molecule has 0 saturated carbocycles. The van der Waals surface area contributed by atoms with Gasteiger partial charge in [-0.15, -0.1) is 0 Å². The van der Waals surface area contributed by atoms with Crippen molar-refractivity contribution in [2.75, 3.05) is 18.5 Å². The van der Waals surface area contributed by atoms with Gasteiger partial charge in [0.2, 0.25) is 15.9 Å². The van der Waals surface area contributed by atoms with Crippen LogP contribution < -0.4 is 10.1 Å². The monoisotopic (exact) mass is 643 g/mol. The molecule has 0 saturated heterocycles. The lowest BCUT2D eigenvalue weighted by molar-refractivity contribution is -0.143. The molecule has 1 N–H and O–H groups in total. The number of oxazole rings is 1. The molecule has 0 fully saturated rings. The number of anilines is 1. The number of hydrogen-bond donors (Lipinski definition) is 1. The van der Waals surface area contributed by atoms with Crippen molar-refractivity contribution in [2.45, 2.75) is 51.4 Å². The van der Waals surface area contributed by atoms with E-state index in [-0.39, 0.29) is 25.6 Å². The van der Waals surface area contributed by atoms with E-state index in [1.165, 1.54) is 12.1 Å². The molecule has 1 unspecified atom stereocenters. The Morgan fingerprint density at radius 3 is 2.47 bits per heavy atom. The maximum atomic E-state index is 13.7. The van der Waals surface area contributed by atoms with E-state index in [1.807, 2.05) is 24.3 Å². The number of esters is 1. The maximum absolute atomic E-state index is 13.7. The van der Waals surface area contributed by atoms with Gasteiger partial charge in [-0.2, -0.15) is 17.5 Å². The van der Waals surface area contributed by atoms with Crippen molar-refractivity contribution < 1.29 is 40.3 Å². The number of halogens is 3. The molecule has 0 radical (unpaired) electrons. The van der Waals surface area contributed by atoms with E-state index in [2.05, 4.69) is 10.3 Å². The molecule has 1 atom stereocenters. The van der Waals surface area contributed by atoms with E-state index in [0.29, 0.717) is 41.2 Å². The van der Waals surface area contributed by atoms with Gasteiger partial charge in [0, 0.05) is 17.8 Å². The van der Waals surface area contributed by atoms with Crippen LogP contribution in [0, 0.1) is 6.92 Å². The van der Waals surface area contributed by atoms with Gasteiger partial charge in [0.25, 0.3) is 0 Å². The first-order chi connectivity index (χ1) is 21.4. The van der Waals surface area contributed by atoms with Crippen LogP contribution in [0.4, 0.5) is 18.9 Å². The first kappa shape index (κ1) is 32.0. The summed E-state index contributed by atoms with van der Waals surface area (Å²) in [6.45, 7) is 3.02. The summed E-state index contributed by atoms with van der Waals surface area (Å²) >= 11 is 0. The lowest BCUT2D eigenvalue weighted by Crippen LogP contribution is -2.46. The van der Waals surface area contributed by atoms with Crippen molar-refractivity contribution in [2.24, 2.45) is 0 Å². The van der Waals surface area contributed by atoms with Crippen LogP contribution in [-0.2, 0) is 45.3 Å². The average molecular weight is 644 g/mol. The van der Waals surface area contributed by atoms with Crippen molar-refractivity contribution in [3.05, 3.63) is 101 Å². The number of fused-ring (bicyclic) bond motifs is 1. The van der Waals surface area contributed by atoms with Crippen molar-refractivity contribution >= 4 is 21.7 Å². The minimum Gasteiger partial charge on any atom is -0.487 e. The molecular formula is C32H32F3N3O6S. The smallest absolute Gasteiger partial charge is 0.416 e. The number of para-hydroxylation sites is 1. The predicted molar refractivity (Wildman–Crippen MR) is 161 cm³/mol. The van der Waals surface area contributed by atoms with E-state index in [0.717, 1.165) is 27.7 Å². The highest BCUT2D eigenvalue weighted by Gasteiger charge is 2.36. The van der Waals surface area contributed by atoms with Crippen LogP contribution in [0.2, 0.25) is 0 Å². The molecule has 13 heteroatoms. The summed E-state index contributed by atoms with van der Waals surface area (Å²) in [5.74, 6) is 0.466.